The van der Waals surface area contributed by atoms with Crippen molar-refractivity contribution >= 4 is 27.6 Å². The first kappa shape index (κ1) is 17.6. The minimum atomic E-state index is 0.482. The predicted octanol–water partition coefficient (Wildman–Crippen LogP) is 5.42. The number of rotatable bonds is 5. The van der Waals surface area contributed by atoms with E-state index in [0.717, 1.165) is 15.8 Å². The predicted molar refractivity (Wildman–Crippen MR) is 105 cm³/mol. The van der Waals surface area contributed by atoms with Crippen LogP contribution < -0.4 is 5.32 Å². The monoisotopic (exact) mass is 399 g/mol. The topological polar surface area (TPSA) is 55.6 Å². The molecule has 0 aliphatic rings. The fourth-order valence-electron chi connectivity index (χ4n) is 2.55. The molecule has 0 amide bonds. The molecule has 3 rings (SSSR count). The van der Waals surface area contributed by atoms with Gasteiger partial charge in [-0.2, -0.15) is 4.68 Å². The minimum absolute atomic E-state index is 0.482. The SMILES string of the molecule is CC(C)c1ccc(-n2nnnc2Nc2ccc(C(C)C)cc2Br)cc1. The Morgan fingerprint density at radius 2 is 1.56 bits per heavy atom. The third-order valence-corrected chi connectivity index (χ3v) is 4.84. The molecule has 25 heavy (non-hydrogen) atoms. The Morgan fingerprint density at radius 1 is 0.920 bits per heavy atom. The van der Waals surface area contributed by atoms with Crippen molar-refractivity contribution in [2.45, 2.75) is 39.5 Å². The van der Waals surface area contributed by atoms with Gasteiger partial charge in [-0.1, -0.05) is 51.0 Å². The van der Waals surface area contributed by atoms with E-state index in [4.69, 9.17) is 0 Å². The van der Waals surface area contributed by atoms with Crippen LogP contribution in [0.3, 0.4) is 0 Å². The Bertz CT molecular complexity index is 853. The summed E-state index contributed by atoms with van der Waals surface area (Å²) in [5.41, 5.74) is 4.42. The van der Waals surface area contributed by atoms with Gasteiger partial charge in [0.25, 0.3) is 5.95 Å². The van der Waals surface area contributed by atoms with E-state index in [1.165, 1.54) is 11.1 Å². The van der Waals surface area contributed by atoms with Crippen LogP contribution >= 0.6 is 15.9 Å². The van der Waals surface area contributed by atoms with Gasteiger partial charge < -0.3 is 5.32 Å². The van der Waals surface area contributed by atoms with Crippen molar-refractivity contribution in [2.24, 2.45) is 0 Å². The van der Waals surface area contributed by atoms with Gasteiger partial charge in [0.1, 0.15) is 0 Å². The first-order chi connectivity index (χ1) is 12.0. The van der Waals surface area contributed by atoms with Crippen LogP contribution in [0.2, 0.25) is 0 Å². The Morgan fingerprint density at radius 3 is 2.16 bits per heavy atom. The van der Waals surface area contributed by atoms with E-state index in [1.54, 1.807) is 4.68 Å². The van der Waals surface area contributed by atoms with Gasteiger partial charge >= 0.3 is 0 Å². The maximum atomic E-state index is 4.11. The molecule has 0 saturated heterocycles. The molecule has 3 aromatic rings. The van der Waals surface area contributed by atoms with Crippen LogP contribution in [0.25, 0.3) is 5.69 Å². The van der Waals surface area contributed by atoms with E-state index in [1.807, 2.05) is 18.2 Å². The molecule has 0 radical (unpaired) electrons. The molecule has 0 aliphatic carbocycles. The number of aromatic nitrogens is 4. The fourth-order valence-corrected chi connectivity index (χ4v) is 3.05. The van der Waals surface area contributed by atoms with Gasteiger partial charge in [-0.3, -0.25) is 0 Å². The number of benzene rings is 2. The largest absolute Gasteiger partial charge is 0.322 e. The molecule has 5 nitrogen and oxygen atoms in total. The second-order valence-electron chi connectivity index (χ2n) is 6.68. The lowest BCUT2D eigenvalue weighted by atomic mass is 10.0. The molecule has 130 valence electrons. The molecule has 1 N–H and O–H groups in total. The van der Waals surface area contributed by atoms with Gasteiger partial charge in [0.2, 0.25) is 0 Å². The molecule has 1 heterocycles. The van der Waals surface area contributed by atoms with Gasteiger partial charge in [0, 0.05) is 4.47 Å². The first-order valence-corrected chi connectivity index (χ1v) is 9.20. The summed E-state index contributed by atoms with van der Waals surface area (Å²) < 4.78 is 2.69. The minimum Gasteiger partial charge on any atom is -0.322 e. The smallest absolute Gasteiger partial charge is 0.252 e. The second kappa shape index (κ2) is 7.35. The molecule has 0 aliphatic heterocycles. The zero-order valence-electron chi connectivity index (χ0n) is 14.9. The number of hydrogen-bond donors (Lipinski definition) is 1. The zero-order valence-corrected chi connectivity index (χ0v) is 16.4. The number of tetrazole rings is 1. The highest BCUT2D eigenvalue weighted by Gasteiger charge is 2.11. The van der Waals surface area contributed by atoms with Crippen LogP contribution in [0, 0.1) is 0 Å². The summed E-state index contributed by atoms with van der Waals surface area (Å²) in [6.45, 7) is 8.71. The van der Waals surface area contributed by atoms with Crippen LogP contribution in [-0.4, -0.2) is 20.2 Å². The van der Waals surface area contributed by atoms with Gasteiger partial charge in [-0.25, -0.2) is 0 Å². The average Bonchev–Trinajstić information content (AvgIpc) is 3.04. The molecule has 2 aromatic carbocycles. The highest BCUT2D eigenvalue weighted by atomic mass is 79.9. The second-order valence-corrected chi connectivity index (χ2v) is 7.53. The Labute approximate surface area is 156 Å². The Hall–Kier alpha value is -2.21. The van der Waals surface area contributed by atoms with E-state index >= 15 is 0 Å². The molecule has 0 atom stereocenters. The van der Waals surface area contributed by atoms with Crippen molar-refractivity contribution in [1.29, 1.82) is 0 Å². The highest BCUT2D eigenvalue weighted by Crippen LogP contribution is 2.29. The summed E-state index contributed by atoms with van der Waals surface area (Å²) in [6.07, 6.45) is 0. The number of anilines is 2. The molecule has 0 unspecified atom stereocenters. The third-order valence-electron chi connectivity index (χ3n) is 4.18. The first-order valence-electron chi connectivity index (χ1n) is 8.41. The van der Waals surface area contributed by atoms with Crippen LogP contribution in [0.5, 0.6) is 0 Å². The van der Waals surface area contributed by atoms with Gasteiger partial charge in [-0.05, 0) is 73.6 Å². The van der Waals surface area contributed by atoms with Gasteiger partial charge in [0.05, 0.1) is 11.4 Å². The summed E-state index contributed by atoms with van der Waals surface area (Å²) >= 11 is 3.63. The van der Waals surface area contributed by atoms with Crippen molar-refractivity contribution in [3.63, 3.8) is 0 Å². The lowest BCUT2D eigenvalue weighted by Gasteiger charge is -2.12. The number of hydrogen-bond acceptors (Lipinski definition) is 4. The van der Waals surface area contributed by atoms with Crippen LogP contribution in [-0.2, 0) is 0 Å². The van der Waals surface area contributed by atoms with E-state index in [9.17, 15) is 0 Å². The summed E-state index contributed by atoms with van der Waals surface area (Å²) in [5.74, 6) is 1.56. The third kappa shape index (κ3) is 3.90. The van der Waals surface area contributed by atoms with Crippen LogP contribution in [0.1, 0.15) is 50.7 Å². The normalized spacial score (nSPS) is 11.3. The standard InChI is InChI=1S/C19H22BrN5/c1-12(2)14-5-8-16(9-6-14)25-19(22-23-24-25)21-18-10-7-15(13(3)4)11-17(18)20/h5-13H,1-4H3,(H,21,22,24). The summed E-state index contributed by atoms with van der Waals surface area (Å²) in [6, 6.07) is 14.6. The maximum absolute atomic E-state index is 4.11. The van der Waals surface area contributed by atoms with E-state index < -0.39 is 0 Å². The lowest BCUT2D eigenvalue weighted by Crippen LogP contribution is -2.04. The van der Waals surface area contributed by atoms with Crippen molar-refractivity contribution in [3.8, 4) is 5.69 Å². The molecule has 6 heteroatoms. The van der Waals surface area contributed by atoms with Crippen LogP contribution in [0.4, 0.5) is 11.6 Å². The highest BCUT2D eigenvalue weighted by molar-refractivity contribution is 9.10. The lowest BCUT2D eigenvalue weighted by molar-refractivity contribution is 0.789. The molecule has 0 spiro atoms. The zero-order chi connectivity index (χ0) is 18.0. The average molecular weight is 400 g/mol. The molecular formula is C19H22BrN5. The van der Waals surface area contributed by atoms with E-state index in [-0.39, 0.29) is 0 Å². The van der Waals surface area contributed by atoms with Gasteiger partial charge in [0.15, 0.2) is 0 Å². The van der Waals surface area contributed by atoms with Gasteiger partial charge in [-0.15, -0.1) is 0 Å². The summed E-state index contributed by atoms with van der Waals surface area (Å²) in [5, 5.41) is 15.3. The van der Waals surface area contributed by atoms with E-state index in [2.05, 4.69) is 88.7 Å². The summed E-state index contributed by atoms with van der Waals surface area (Å²) in [7, 11) is 0. The number of halogens is 1. The van der Waals surface area contributed by atoms with Crippen molar-refractivity contribution in [1.82, 2.24) is 20.2 Å². The van der Waals surface area contributed by atoms with Crippen molar-refractivity contribution in [3.05, 3.63) is 58.1 Å². The molecule has 1 aromatic heterocycles. The van der Waals surface area contributed by atoms with Crippen molar-refractivity contribution < 1.29 is 0 Å². The molecule has 0 fully saturated rings. The summed E-state index contributed by atoms with van der Waals surface area (Å²) in [4.78, 5) is 0. The Balaban J connectivity index is 1.87. The molecular weight excluding hydrogens is 378 g/mol. The Kier molecular flexibility index (Phi) is 5.18. The van der Waals surface area contributed by atoms with Crippen molar-refractivity contribution in [2.75, 3.05) is 5.32 Å². The maximum Gasteiger partial charge on any atom is 0.252 e. The fraction of sp³-hybridized carbons (Fsp3) is 0.316. The number of nitrogens with zero attached hydrogens (tertiary/aromatic N) is 4. The van der Waals surface area contributed by atoms with E-state index in [0.29, 0.717) is 17.8 Å². The van der Waals surface area contributed by atoms with Crippen LogP contribution in [0.15, 0.2) is 46.9 Å². The number of nitrogens with one attached hydrogen (secondary N) is 1. The molecule has 0 saturated carbocycles. The quantitative estimate of drug-likeness (QED) is 0.622. The molecule has 0 bridgehead atoms.